The highest BCUT2D eigenvalue weighted by atomic mass is 79.9. The molecule has 5 heteroatoms. The number of hydrogen-bond acceptors (Lipinski definition) is 2. The number of likely N-dealkylation sites (tertiary alicyclic amines) is 1. The summed E-state index contributed by atoms with van der Waals surface area (Å²) in [7, 11) is 0. The average Bonchev–Trinajstić information content (AvgIpc) is 2.79. The van der Waals surface area contributed by atoms with Crippen LogP contribution in [0.1, 0.15) is 36.8 Å². The molecule has 2 aliphatic heterocycles. The fraction of sp³-hybridized carbons (Fsp3) is 0.588. The van der Waals surface area contributed by atoms with Gasteiger partial charge in [0.2, 0.25) is 5.91 Å². The maximum atomic E-state index is 12.4. The molecular formula is C17H24BrClN2O. The van der Waals surface area contributed by atoms with E-state index in [1.54, 1.807) is 0 Å². The van der Waals surface area contributed by atoms with E-state index in [4.69, 9.17) is 0 Å². The second kappa shape index (κ2) is 7.80. The monoisotopic (exact) mass is 386 g/mol. The molecule has 2 bridgehead atoms. The van der Waals surface area contributed by atoms with Crippen molar-refractivity contribution in [2.45, 2.75) is 51.1 Å². The van der Waals surface area contributed by atoms with Gasteiger partial charge in [-0.15, -0.1) is 12.4 Å². The van der Waals surface area contributed by atoms with Gasteiger partial charge in [-0.1, -0.05) is 28.1 Å². The number of halogens is 2. The van der Waals surface area contributed by atoms with E-state index in [-0.39, 0.29) is 12.4 Å². The minimum absolute atomic E-state index is 0. The second-order valence-corrected chi connectivity index (χ2v) is 7.20. The molecule has 2 saturated heterocycles. The predicted octanol–water partition coefficient (Wildman–Crippen LogP) is 3.46. The molecule has 0 aliphatic carbocycles. The number of nitrogens with one attached hydrogen (secondary N) is 1. The lowest BCUT2D eigenvalue weighted by Gasteiger charge is -2.24. The van der Waals surface area contributed by atoms with Gasteiger partial charge in [0.15, 0.2) is 0 Å². The van der Waals surface area contributed by atoms with E-state index in [2.05, 4.69) is 51.3 Å². The van der Waals surface area contributed by atoms with Crippen molar-refractivity contribution in [2.24, 2.45) is 0 Å². The first-order chi connectivity index (χ1) is 10.1. The number of carbonyl (C=O) groups is 1. The Balaban J connectivity index is 0.00000176. The van der Waals surface area contributed by atoms with Gasteiger partial charge in [0.05, 0.1) is 0 Å². The van der Waals surface area contributed by atoms with Gasteiger partial charge >= 0.3 is 0 Å². The first-order valence-corrected chi connectivity index (χ1v) is 8.70. The van der Waals surface area contributed by atoms with E-state index in [1.165, 1.54) is 24.0 Å². The summed E-state index contributed by atoms with van der Waals surface area (Å²) in [5.41, 5.74) is 2.48. The van der Waals surface area contributed by atoms with Gasteiger partial charge in [0, 0.05) is 36.1 Å². The smallest absolute Gasteiger partial charge is 0.222 e. The van der Waals surface area contributed by atoms with Crippen molar-refractivity contribution in [3.8, 4) is 0 Å². The first kappa shape index (κ1) is 17.8. The van der Waals surface area contributed by atoms with Crippen molar-refractivity contribution >= 4 is 34.2 Å². The normalized spacial score (nSPS) is 23.8. The number of carbonyl (C=O) groups excluding carboxylic acids is 1. The van der Waals surface area contributed by atoms with Crippen LogP contribution in [0.2, 0.25) is 0 Å². The van der Waals surface area contributed by atoms with E-state index in [0.717, 1.165) is 30.4 Å². The van der Waals surface area contributed by atoms with Crippen LogP contribution < -0.4 is 5.32 Å². The fourth-order valence-electron chi connectivity index (χ4n) is 3.44. The molecular weight excluding hydrogens is 364 g/mol. The van der Waals surface area contributed by atoms with E-state index in [9.17, 15) is 4.79 Å². The summed E-state index contributed by atoms with van der Waals surface area (Å²) in [6.45, 7) is 3.91. The van der Waals surface area contributed by atoms with Crippen LogP contribution >= 0.6 is 28.3 Å². The fourth-order valence-corrected chi connectivity index (χ4v) is 3.69. The van der Waals surface area contributed by atoms with Crippen LogP contribution in [0.3, 0.4) is 0 Å². The van der Waals surface area contributed by atoms with Crippen LogP contribution in [0.15, 0.2) is 22.7 Å². The number of rotatable bonds is 3. The molecule has 0 aromatic heterocycles. The molecule has 3 nitrogen and oxygen atoms in total. The molecule has 0 saturated carbocycles. The van der Waals surface area contributed by atoms with Gasteiger partial charge in [0.1, 0.15) is 0 Å². The number of hydrogen-bond donors (Lipinski definition) is 1. The molecule has 1 aromatic carbocycles. The molecule has 0 radical (unpaired) electrons. The average molecular weight is 388 g/mol. The highest BCUT2D eigenvalue weighted by Crippen LogP contribution is 2.22. The molecule has 2 heterocycles. The number of nitrogens with zero attached hydrogens (tertiary/aromatic N) is 1. The van der Waals surface area contributed by atoms with Gasteiger partial charge in [-0.2, -0.15) is 0 Å². The zero-order valence-corrected chi connectivity index (χ0v) is 15.4. The number of benzene rings is 1. The lowest BCUT2D eigenvalue weighted by atomic mass is 10.1. The van der Waals surface area contributed by atoms with Crippen LogP contribution in [-0.2, 0) is 11.2 Å². The van der Waals surface area contributed by atoms with Gasteiger partial charge in [-0.25, -0.2) is 0 Å². The van der Waals surface area contributed by atoms with Gasteiger partial charge < -0.3 is 10.2 Å². The van der Waals surface area contributed by atoms with Crippen LogP contribution in [0.4, 0.5) is 0 Å². The highest BCUT2D eigenvalue weighted by Gasteiger charge is 2.30. The molecule has 122 valence electrons. The molecule has 2 fully saturated rings. The summed E-state index contributed by atoms with van der Waals surface area (Å²) in [6.07, 6.45) is 5.08. The Kier molecular flexibility index (Phi) is 6.30. The van der Waals surface area contributed by atoms with Crippen LogP contribution in [0.25, 0.3) is 0 Å². The van der Waals surface area contributed by atoms with E-state index < -0.39 is 0 Å². The minimum atomic E-state index is 0. The predicted molar refractivity (Wildman–Crippen MR) is 95.6 cm³/mol. The molecule has 1 amide bonds. The van der Waals surface area contributed by atoms with Gasteiger partial charge in [0.25, 0.3) is 0 Å². The molecule has 2 aliphatic rings. The molecule has 0 spiro atoms. The Bertz CT molecular complexity index is 537. The summed E-state index contributed by atoms with van der Waals surface area (Å²) in [5.74, 6) is 0.310. The minimum Gasteiger partial charge on any atom is -0.341 e. The largest absolute Gasteiger partial charge is 0.341 e. The summed E-state index contributed by atoms with van der Waals surface area (Å²) >= 11 is 3.52. The Morgan fingerprint density at radius 2 is 2.09 bits per heavy atom. The third kappa shape index (κ3) is 4.24. The van der Waals surface area contributed by atoms with Crippen molar-refractivity contribution in [3.05, 3.63) is 33.8 Å². The third-order valence-corrected chi connectivity index (χ3v) is 5.62. The zero-order chi connectivity index (χ0) is 14.8. The Morgan fingerprint density at radius 1 is 1.32 bits per heavy atom. The first-order valence-electron chi connectivity index (χ1n) is 7.90. The maximum absolute atomic E-state index is 12.4. The topological polar surface area (TPSA) is 32.3 Å². The Morgan fingerprint density at radius 3 is 2.86 bits per heavy atom. The van der Waals surface area contributed by atoms with Crippen LogP contribution in [-0.4, -0.2) is 36.0 Å². The van der Waals surface area contributed by atoms with Gasteiger partial charge in [-0.3, -0.25) is 4.79 Å². The zero-order valence-electron chi connectivity index (χ0n) is 13.0. The quantitative estimate of drug-likeness (QED) is 0.861. The number of amides is 1. The Labute approximate surface area is 147 Å². The third-order valence-electron chi connectivity index (χ3n) is 4.73. The molecule has 1 N–H and O–H groups in total. The lowest BCUT2D eigenvalue weighted by Crippen LogP contribution is -2.39. The molecule has 2 atom stereocenters. The molecule has 1 aromatic rings. The molecule has 3 rings (SSSR count). The second-order valence-electron chi connectivity index (χ2n) is 6.35. The maximum Gasteiger partial charge on any atom is 0.222 e. The van der Waals surface area contributed by atoms with Gasteiger partial charge in [-0.05, 0) is 49.8 Å². The van der Waals surface area contributed by atoms with Crippen molar-refractivity contribution in [3.63, 3.8) is 0 Å². The summed E-state index contributed by atoms with van der Waals surface area (Å²) < 4.78 is 1.13. The van der Waals surface area contributed by atoms with E-state index in [1.807, 2.05) is 0 Å². The van der Waals surface area contributed by atoms with Crippen LogP contribution in [0.5, 0.6) is 0 Å². The van der Waals surface area contributed by atoms with E-state index >= 15 is 0 Å². The Hall–Kier alpha value is -0.580. The van der Waals surface area contributed by atoms with Crippen molar-refractivity contribution in [2.75, 3.05) is 13.1 Å². The molecule has 2 unspecified atom stereocenters. The van der Waals surface area contributed by atoms with Crippen LogP contribution in [0, 0.1) is 6.92 Å². The standard InChI is InChI=1S/C17H23BrN2O.ClH/c1-12-10-13(2-6-16(12)18)3-7-17(21)20-9-8-14-4-5-15(11-20)19-14;/h2,6,10,14-15,19H,3-5,7-9,11H2,1H3;1H. The van der Waals surface area contributed by atoms with E-state index in [0.29, 0.717) is 24.4 Å². The number of fused-ring (bicyclic) bond motifs is 2. The van der Waals surface area contributed by atoms with Crippen molar-refractivity contribution < 1.29 is 4.79 Å². The summed E-state index contributed by atoms with van der Waals surface area (Å²) in [4.78, 5) is 14.5. The lowest BCUT2D eigenvalue weighted by molar-refractivity contribution is -0.131. The number of aryl methyl sites for hydroxylation is 2. The van der Waals surface area contributed by atoms with Crippen molar-refractivity contribution in [1.82, 2.24) is 10.2 Å². The summed E-state index contributed by atoms with van der Waals surface area (Å²) in [5, 5.41) is 3.63. The highest BCUT2D eigenvalue weighted by molar-refractivity contribution is 9.10. The van der Waals surface area contributed by atoms with Crippen molar-refractivity contribution in [1.29, 1.82) is 0 Å². The SMILES string of the molecule is Cc1cc(CCC(=O)N2CCC3CCC(C2)N3)ccc1Br.Cl. The molecule has 22 heavy (non-hydrogen) atoms. The summed E-state index contributed by atoms with van der Waals surface area (Å²) in [6, 6.07) is 7.52.